The van der Waals surface area contributed by atoms with Crippen LogP contribution in [0.5, 0.6) is 0 Å². The van der Waals surface area contributed by atoms with Crippen LogP contribution < -0.4 is 0 Å². The van der Waals surface area contributed by atoms with Crippen LogP contribution in [0.15, 0.2) is 29.2 Å². The van der Waals surface area contributed by atoms with Gasteiger partial charge in [-0.1, -0.05) is 25.4 Å². The molecule has 1 spiro atoms. The van der Waals surface area contributed by atoms with Crippen molar-refractivity contribution in [1.29, 1.82) is 0 Å². The third kappa shape index (κ3) is 4.44. The molecule has 2 aliphatic rings. The van der Waals surface area contributed by atoms with Crippen LogP contribution in [-0.2, 0) is 19.6 Å². The molecule has 1 aromatic rings. The first kappa shape index (κ1) is 22.1. The summed E-state index contributed by atoms with van der Waals surface area (Å²) < 4.78 is 28.1. The van der Waals surface area contributed by atoms with E-state index in [1.807, 2.05) is 20.8 Å². The molecule has 0 bridgehead atoms. The van der Waals surface area contributed by atoms with Crippen molar-refractivity contribution < 1.29 is 18.0 Å². The summed E-state index contributed by atoms with van der Waals surface area (Å²) >= 11 is 5.91. The van der Waals surface area contributed by atoms with Crippen molar-refractivity contribution in [3.05, 3.63) is 29.3 Å². The molecule has 29 heavy (non-hydrogen) atoms. The standard InChI is InChI=1S/C20H28ClN3O4S/c1-4-22-12-20(11-18(22)25)13-23(19(26)15(2)3)9-10-24(14-20)29(27,28)17-7-5-16(21)6-8-17/h5-8,15H,4,9-14H2,1-3H3/t20-/m0/s1. The first-order chi connectivity index (χ1) is 13.6. The highest BCUT2D eigenvalue weighted by Gasteiger charge is 2.48. The summed E-state index contributed by atoms with van der Waals surface area (Å²) in [6, 6.07) is 6.08. The molecule has 0 N–H and O–H groups in total. The molecule has 2 fully saturated rings. The van der Waals surface area contributed by atoms with Gasteiger partial charge < -0.3 is 9.80 Å². The van der Waals surface area contributed by atoms with Gasteiger partial charge in [0.2, 0.25) is 21.8 Å². The van der Waals surface area contributed by atoms with E-state index in [0.29, 0.717) is 31.2 Å². The second kappa shape index (κ2) is 8.24. The zero-order valence-corrected chi connectivity index (χ0v) is 18.7. The summed E-state index contributed by atoms with van der Waals surface area (Å²) in [5.41, 5.74) is -0.604. The second-order valence-electron chi connectivity index (χ2n) is 8.29. The largest absolute Gasteiger partial charge is 0.342 e. The highest BCUT2D eigenvalue weighted by molar-refractivity contribution is 7.89. The van der Waals surface area contributed by atoms with Gasteiger partial charge in [0.15, 0.2) is 0 Å². The van der Waals surface area contributed by atoms with E-state index < -0.39 is 15.4 Å². The minimum absolute atomic E-state index is 0.00943. The molecule has 9 heteroatoms. The molecule has 7 nitrogen and oxygen atoms in total. The Labute approximate surface area is 177 Å². The van der Waals surface area contributed by atoms with Gasteiger partial charge in [-0.05, 0) is 31.2 Å². The van der Waals surface area contributed by atoms with Crippen LogP contribution in [0.2, 0.25) is 5.02 Å². The summed E-state index contributed by atoms with van der Waals surface area (Å²) in [5.74, 6) is -0.196. The minimum Gasteiger partial charge on any atom is -0.342 e. The quantitative estimate of drug-likeness (QED) is 0.716. The number of nitrogens with zero attached hydrogens (tertiary/aromatic N) is 3. The Balaban J connectivity index is 1.96. The molecule has 0 aromatic heterocycles. The lowest BCUT2D eigenvalue weighted by atomic mass is 9.86. The molecule has 2 saturated heterocycles. The fourth-order valence-electron chi connectivity index (χ4n) is 4.21. The normalized spacial score (nSPS) is 23.8. The van der Waals surface area contributed by atoms with Gasteiger partial charge in [0, 0.05) is 62.0 Å². The molecular weight excluding hydrogens is 414 g/mol. The van der Waals surface area contributed by atoms with Crippen molar-refractivity contribution in [2.45, 2.75) is 32.1 Å². The smallest absolute Gasteiger partial charge is 0.243 e. The van der Waals surface area contributed by atoms with Crippen LogP contribution in [0.3, 0.4) is 0 Å². The van der Waals surface area contributed by atoms with Crippen molar-refractivity contribution in [3.8, 4) is 0 Å². The van der Waals surface area contributed by atoms with E-state index >= 15 is 0 Å². The summed E-state index contributed by atoms with van der Waals surface area (Å²) in [6.07, 6.45) is 0.245. The van der Waals surface area contributed by atoms with Crippen LogP contribution >= 0.6 is 11.6 Å². The number of benzene rings is 1. The Kier molecular flexibility index (Phi) is 6.27. The maximum absolute atomic E-state index is 13.3. The fourth-order valence-corrected chi connectivity index (χ4v) is 5.88. The topological polar surface area (TPSA) is 78.0 Å². The minimum atomic E-state index is -3.77. The summed E-state index contributed by atoms with van der Waals surface area (Å²) in [5, 5.41) is 0.463. The monoisotopic (exact) mass is 441 g/mol. The van der Waals surface area contributed by atoms with Crippen molar-refractivity contribution >= 4 is 33.4 Å². The molecule has 1 atom stereocenters. The zero-order valence-electron chi connectivity index (χ0n) is 17.1. The van der Waals surface area contributed by atoms with Gasteiger partial charge in [0.1, 0.15) is 0 Å². The number of sulfonamides is 1. The zero-order chi connectivity index (χ0) is 21.4. The van der Waals surface area contributed by atoms with Crippen LogP contribution in [0, 0.1) is 11.3 Å². The second-order valence-corrected chi connectivity index (χ2v) is 10.7. The average Bonchev–Trinajstić information content (AvgIpc) is 2.85. The lowest BCUT2D eigenvalue weighted by Gasteiger charge is -2.34. The number of likely N-dealkylation sites (tertiary alicyclic amines) is 1. The van der Waals surface area contributed by atoms with Crippen LogP contribution in [0.4, 0.5) is 0 Å². The predicted octanol–water partition coefficient (Wildman–Crippen LogP) is 2.07. The molecule has 0 saturated carbocycles. The molecule has 0 unspecified atom stereocenters. The number of amides is 2. The lowest BCUT2D eigenvalue weighted by Crippen LogP contribution is -2.46. The molecule has 1 aromatic carbocycles. The van der Waals surface area contributed by atoms with E-state index in [1.54, 1.807) is 21.9 Å². The molecule has 2 aliphatic heterocycles. The van der Waals surface area contributed by atoms with E-state index in [2.05, 4.69) is 0 Å². The Hall–Kier alpha value is -1.64. The van der Waals surface area contributed by atoms with E-state index in [0.717, 1.165) is 0 Å². The first-order valence-corrected chi connectivity index (χ1v) is 11.7. The van der Waals surface area contributed by atoms with Gasteiger partial charge >= 0.3 is 0 Å². The van der Waals surface area contributed by atoms with Gasteiger partial charge in [0.25, 0.3) is 0 Å². The lowest BCUT2D eigenvalue weighted by molar-refractivity contribution is -0.135. The maximum Gasteiger partial charge on any atom is 0.243 e. The van der Waals surface area contributed by atoms with Crippen LogP contribution in [0.25, 0.3) is 0 Å². The third-order valence-electron chi connectivity index (χ3n) is 5.70. The third-order valence-corrected chi connectivity index (χ3v) is 7.81. The average molecular weight is 442 g/mol. The van der Waals surface area contributed by atoms with Crippen molar-refractivity contribution in [2.24, 2.45) is 11.3 Å². The van der Waals surface area contributed by atoms with Crippen molar-refractivity contribution in [2.75, 3.05) is 39.3 Å². The molecule has 0 aliphatic carbocycles. The Morgan fingerprint density at radius 2 is 1.79 bits per heavy atom. The van der Waals surface area contributed by atoms with E-state index in [4.69, 9.17) is 11.6 Å². The summed E-state index contributed by atoms with van der Waals surface area (Å²) in [4.78, 5) is 28.9. The van der Waals surface area contributed by atoms with E-state index in [9.17, 15) is 18.0 Å². The van der Waals surface area contributed by atoms with Gasteiger partial charge in [-0.2, -0.15) is 4.31 Å². The number of halogens is 1. The van der Waals surface area contributed by atoms with Crippen LogP contribution in [0.1, 0.15) is 27.2 Å². The van der Waals surface area contributed by atoms with E-state index in [-0.39, 0.29) is 42.1 Å². The maximum atomic E-state index is 13.3. The molecular formula is C20H28ClN3O4S. The molecule has 2 amide bonds. The Bertz CT molecular complexity index is 887. The number of carbonyl (C=O) groups excluding carboxylic acids is 2. The van der Waals surface area contributed by atoms with Gasteiger partial charge in [-0.3, -0.25) is 9.59 Å². The van der Waals surface area contributed by atoms with E-state index in [1.165, 1.54) is 16.4 Å². The molecule has 3 rings (SSSR count). The molecule has 160 valence electrons. The Morgan fingerprint density at radius 3 is 2.34 bits per heavy atom. The molecule has 0 radical (unpaired) electrons. The predicted molar refractivity (Wildman–Crippen MR) is 111 cm³/mol. The Morgan fingerprint density at radius 1 is 1.14 bits per heavy atom. The highest BCUT2D eigenvalue weighted by Crippen LogP contribution is 2.37. The number of hydrogen-bond acceptors (Lipinski definition) is 4. The summed E-state index contributed by atoms with van der Waals surface area (Å²) in [6.45, 7) is 7.71. The number of carbonyl (C=O) groups is 2. The van der Waals surface area contributed by atoms with Gasteiger partial charge in [-0.15, -0.1) is 0 Å². The van der Waals surface area contributed by atoms with Crippen molar-refractivity contribution in [3.63, 3.8) is 0 Å². The highest BCUT2D eigenvalue weighted by atomic mass is 35.5. The van der Waals surface area contributed by atoms with Crippen LogP contribution in [-0.4, -0.2) is 73.6 Å². The first-order valence-electron chi connectivity index (χ1n) is 9.90. The summed E-state index contributed by atoms with van der Waals surface area (Å²) in [7, 11) is -3.77. The fraction of sp³-hybridized carbons (Fsp3) is 0.600. The van der Waals surface area contributed by atoms with Gasteiger partial charge in [-0.25, -0.2) is 8.42 Å². The number of rotatable bonds is 4. The van der Waals surface area contributed by atoms with Gasteiger partial charge in [0.05, 0.1) is 4.90 Å². The van der Waals surface area contributed by atoms with Crippen molar-refractivity contribution in [1.82, 2.24) is 14.1 Å². The SMILES string of the molecule is CCN1C[C@@]2(CC1=O)CN(C(=O)C(C)C)CCN(S(=O)(=O)c1ccc(Cl)cc1)C2. The number of hydrogen-bond donors (Lipinski definition) is 0. The molecule has 2 heterocycles.